The number of hydrogen-bond donors (Lipinski definition) is 6. The topological polar surface area (TPSA) is 184 Å². The fourth-order valence-corrected chi connectivity index (χ4v) is 2.35. The summed E-state index contributed by atoms with van der Waals surface area (Å²) in [5.41, 5.74) is 12.3. The van der Waals surface area contributed by atoms with Crippen LogP contribution in [0.2, 0.25) is 0 Å². The molecule has 2 amide bonds. The standard InChI is InChI=1S/C15H18N10O2/c16-13(17)19-7-9-8-25(23-22-9)11-3-1-10(2-4-11)24-6-5-12(20-14(18)26)21-15(24)27/h1-6,8,15,27H,7H2,(H4,16,17,19)(H3,18,20,21,26). The number of benzene rings is 1. The van der Waals surface area contributed by atoms with E-state index in [0.29, 0.717) is 17.9 Å². The van der Waals surface area contributed by atoms with Crippen molar-refractivity contribution in [1.29, 1.82) is 5.41 Å². The number of guanidine groups is 1. The van der Waals surface area contributed by atoms with Crippen LogP contribution in [-0.2, 0) is 6.54 Å². The molecule has 1 aliphatic heterocycles. The maximum absolute atomic E-state index is 10.8. The first-order valence-corrected chi connectivity index (χ1v) is 7.81. The number of aromatic nitrogens is 3. The predicted octanol–water partition coefficient (Wildman–Crippen LogP) is -1.07. The van der Waals surface area contributed by atoms with Crippen molar-refractivity contribution < 1.29 is 9.90 Å². The summed E-state index contributed by atoms with van der Waals surface area (Å²) in [5, 5.41) is 30.3. The fraction of sp³-hybridized carbons (Fsp3) is 0.133. The molecule has 8 N–H and O–H groups in total. The van der Waals surface area contributed by atoms with Gasteiger partial charge in [-0.15, -0.1) is 5.10 Å². The van der Waals surface area contributed by atoms with Gasteiger partial charge in [0.2, 0.25) is 6.35 Å². The number of primary amides is 1. The van der Waals surface area contributed by atoms with Crippen LogP contribution in [0.25, 0.3) is 5.69 Å². The molecule has 1 unspecified atom stereocenters. The van der Waals surface area contributed by atoms with Gasteiger partial charge in [-0.05, 0) is 30.3 Å². The fourth-order valence-electron chi connectivity index (χ4n) is 2.35. The number of carbonyl (C=O) groups excluding carboxylic acids is 1. The average Bonchev–Trinajstić information content (AvgIpc) is 3.09. The van der Waals surface area contributed by atoms with Gasteiger partial charge in [-0.1, -0.05) is 5.21 Å². The molecule has 0 radical (unpaired) electrons. The number of urea groups is 1. The highest BCUT2D eigenvalue weighted by atomic mass is 16.3. The van der Waals surface area contributed by atoms with Crippen LogP contribution in [0.5, 0.6) is 0 Å². The van der Waals surface area contributed by atoms with E-state index in [1.807, 2.05) is 0 Å². The smallest absolute Gasteiger partial charge is 0.317 e. The Morgan fingerprint density at radius 3 is 2.59 bits per heavy atom. The summed E-state index contributed by atoms with van der Waals surface area (Å²) in [7, 11) is 0. The van der Waals surface area contributed by atoms with E-state index in [1.54, 1.807) is 41.3 Å². The third-order valence-electron chi connectivity index (χ3n) is 3.56. The maximum atomic E-state index is 10.8. The molecule has 0 saturated carbocycles. The molecule has 0 aliphatic carbocycles. The van der Waals surface area contributed by atoms with Crippen molar-refractivity contribution in [3.8, 4) is 5.69 Å². The number of hydrogen-bond acceptors (Lipinski definition) is 7. The van der Waals surface area contributed by atoms with E-state index in [4.69, 9.17) is 16.9 Å². The summed E-state index contributed by atoms with van der Waals surface area (Å²) in [6, 6.07) is 6.40. The summed E-state index contributed by atoms with van der Waals surface area (Å²) in [6.45, 7) is 0.303. The lowest BCUT2D eigenvalue weighted by molar-refractivity contribution is 0.188. The zero-order valence-electron chi connectivity index (χ0n) is 14.1. The van der Waals surface area contributed by atoms with Crippen LogP contribution in [0.3, 0.4) is 0 Å². The van der Waals surface area contributed by atoms with Crippen LogP contribution >= 0.6 is 0 Å². The number of aliphatic hydroxyl groups excluding tert-OH is 1. The van der Waals surface area contributed by atoms with Gasteiger partial charge in [0.05, 0.1) is 18.4 Å². The highest BCUT2D eigenvalue weighted by Gasteiger charge is 2.18. The van der Waals surface area contributed by atoms with Crippen LogP contribution in [0.15, 0.2) is 47.7 Å². The lowest BCUT2D eigenvalue weighted by Crippen LogP contribution is -2.40. The zero-order chi connectivity index (χ0) is 19.4. The number of rotatable bonds is 4. The minimum atomic E-state index is -1.20. The Morgan fingerprint density at radius 2 is 1.96 bits per heavy atom. The molecule has 0 fully saturated rings. The second-order valence-corrected chi connectivity index (χ2v) is 5.51. The summed E-state index contributed by atoms with van der Waals surface area (Å²) < 4.78 is 1.58. The largest absolute Gasteiger partial charge is 0.370 e. The van der Waals surface area contributed by atoms with E-state index in [9.17, 15) is 9.90 Å². The summed E-state index contributed by atoms with van der Waals surface area (Å²) in [4.78, 5) is 16.3. The molecule has 12 heteroatoms. The number of aliphatic imine (C=N–C) groups is 1. The number of nitrogens with one attached hydrogen (secondary N) is 3. The molecule has 27 heavy (non-hydrogen) atoms. The van der Waals surface area contributed by atoms with Crippen LogP contribution in [0.4, 0.5) is 10.5 Å². The van der Waals surface area contributed by atoms with E-state index >= 15 is 0 Å². The van der Waals surface area contributed by atoms with E-state index < -0.39 is 12.4 Å². The lowest BCUT2D eigenvalue weighted by atomic mass is 10.2. The molecule has 140 valence electrons. The molecular formula is C15H18N10O2. The monoisotopic (exact) mass is 370 g/mol. The Labute approximate surface area is 153 Å². The Morgan fingerprint density at radius 1 is 1.26 bits per heavy atom. The Hall–Kier alpha value is -3.93. The van der Waals surface area contributed by atoms with Crippen LogP contribution in [0.1, 0.15) is 5.69 Å². The quantitative estimate of drug-likeness (QED) is 0.292. The molecule has 2 aromatic rings. The van der Waals surface area contributed by atoms with Gasteiger partial charge in [0.25, 0.3) is 0 Å². The minimum absolute atomic E-state index is 0.140. The number of amidine groups is 1. The van der Waals surface area contributed by atoms with Crippen molar-refractivity contribution in [2.75, 3.05) is 4.90 Å². The predicted molar refractivity (Wildman–Crippen MR) is 97.9 cm³/mol. The second kappa shape index (κ2) is 7.53. The van der Waals surface area contributed by atoms with Gasteiger partial charge >= 0.3 is 6.03 Å². The molecule has 0 spiro atoms. The summed E-state index contributed by atoms with van der Waals surface area (Å²) in [5.74, 6) is 0.0380. The number of amides is 2. The van der Waals surface area contributed by atoms with Crippen molar-refractivity contribution in [2.45, 2.75) is 12.9 Å². The molecule has 12 nitrogen and oxygen atoms in total. The third-order valence-corrected chi connectivity index (χ3v) is 3.56. The van der Waals surface area contributed by atoms with Crippen molar-refractivity contribution >= 4 is 23.5 Å². The van der Waals surface area contributed by atoms with Crippen LogP contribution in [0, 0.1) is 5.41 Å². The molecule has 3 rings (SSSR count). The SMILES string of the molecule is N=C(N)NCc1cn(-c2ccc(N3C=CC(NC(N)=O)=NC3O)cc2)nn1. The van der Waals surface area contributed by atoms with Crippen LogP contribution in [-0.4, -0.2) is 44.3 Å². The highest BCUT2D eigenvalue weighted by Crippen LogP contribution is 2.21. The summed E-state index contributed by atoms with van der Waals surface area (Å²) in [6.07, 6.45) is 3.63. The Kier molecular flexibility index (Phi) is 4.99. The lowest BCUT2D eigenvalue weighted by Gasteiger charge is -2.27. The van der Waals surface area contributed by atoms with Crippen molar-refractivity contribution in [2.24, 2.45) is 16.5 Å². The maximum Gasteiger partial charge on any atom is 0.317 e. The number of carbonyl (C=O) groups is 1. The van der Waals surface area contributed by atoms with Gasteiger partial charge in [0.15, 0.2) is 5.96 Å². The first-order chi connectivity index (χ1) is 12.9. The van der Waals surface area contributed by atoms with E-state index in [2.05, 4.69) is 25.9 Å². The van der Waals surface area contributed by atoms with Gasteiger partial charge in [-0.3, -0.25) is 10.7 Å². The molecule has 0 saturated heterocycles. The molecule has 2 heterocycles. The normalized spacial score (nSPS) is 16.0. The molecule has 1 aromatic carbocycles. The third kappa shape index (κ3) is 4.38. The van der Waals surface area contributed by atoms with Crippen molar-refractivity contribution in [1.82, 2.24) is 25.6 Å². The average molecular weight is 370 g/mol. The minimum Gasteiger partial charge on any atom is -0.370 e. The first kappa shape index (κ1) is 17.9. The molecule has 1 atom stereocenters. The number of nitrogens with zero attached hydrogens (tertiary/aromatic N) is 5. The first-order valence-electron chi connectivity index (χ1n) is 7.81. The molecular weight excluding hydrogens is 352 g/mol. The van der Waals surface area contributed by atoms with E-state index in [0.717, 1.165) is 5.69 Å². The highest BCUT2D eigenvalue weighted by molar-refractivity contribution is 6.04. The second-order valence-electron chi connectivity index (χ2n) is 5.51. The van der Waals surface area contributed by atoms with Crippen LogP contribution < -0.4 is 27.0 Å². The molecule has 1 aliphatic rings. The number of nitrogens with two attached hydrogens (primary N) is 2. The number of aliphatic hydroxyl groups is 1. The van der Waals surface area contributed by atoms with Gasteiger partial charge in [0.1, 0.15) is 11.5 Å². The van der Waals surface area contributed by atoms with Gasteiger partial charge < -0.3 is 26.8 Å². The van der Waals surface area contributed by atoms with Crippen molar-refractivity contribution in [3.63, 3.8) is 0 Å². The van der Waals surface area contributed by atoms with Crippen molar-refractivity contribution in [3.05, 3.63) is 48.4 Å². The molecule has 1 aromatic heterocycles. The molecule has 0 bridgehead atoms. The Balaban J connectivity index is 1.69. The number of anilines is 1. The Bertz CT molecular complexity index is 902. The van der Waals surface area contributed by atoms with Gasteiger partial charge in [-0.2, -0.15) is 0 Å². The van der Waals surface area contributed by atoms with Gasteiger partial charge in [0, 0.05) is 11.9 Å². The van der Waals surface area contributed by atoms with E-state index in [-0.39, 0.29) is 11.8 Å². The van der Waals surface area contributed by atoms with E-state index in [1.165, 1.54) is 11.0 Å². The van der Waals surface area contributed by atoms with Gasteiger partial charge in [-0.25, -0.2) is 14.5 Å². The summed E-state index contributed by atoms with van der Waals surface area (Å²) >= 11 is 0. The zero-order valence-corrected chi connectivity index (χ0v) is 14.1.